The average Bonchev–Trinajstić information content (AvgIpc) is 2.72. The molecule has 0 spiro atoms. The summed E-state index contributed by atoms with van der Waals surface area (Å²) in [5.74, 6) is 1.38. The maximum Gasteiger partial charge on any atom is 0.151 e. The standard InChI is InChI=1S/C11H23NO3S/c1-2-16(14,15)7-6-12-8-10-4-3-5-11(10)9-13/h10-13H,2-9H2,1H3. The normalized spacial score (nSPS) is 26.1. The molecule has 2 atom stereocenters. The molecule has 1 rings (SSSR count). The van der Waals surface area contributed by atoms with E-state index in [1.54, 1.807) is 6.92 Å². The minimum Gasteiger partial charge on any atom is -0.396 e. The van der Waals surface area contributed by atoms with Crippen LogP contribution in [0, 0.1) is 11.8 Å². The van der Waals surface area contributed by atoms with Gasteiger partial charge in [0.1, 0.15) is 0 Å². The summed E-state index contributed by atoms with van der Waals surface area (Å²) in [6, 6.07) is 0. The summed E-state index contributed by atoms with van der Waals surface area (Å²) < 4.78 is 22.5. The van der Waals surface area contributed by atoms with Crippen molar-refractivity contribution in [2.45, 2.75) is 26.2 Å². The first-order valence-corrected chi connectivity index (χ1v) is 7.93. The van der Waals surface area contributed by atoms with Crippen molar-refractivity contribution in [1.29, 1.82) is 0 Å². The van der Waals surface area contributed by atoms with Crippen molar-refractivity contribution in [1.82, 2.24) is 5.32 Å². The highest BCUT2D eigenvalue weighted by Crippen LogP contribution is 2.30. The third-order valence-corrected chi connectivity index (χ3v) is 5.19. The largest absolute Gasteiger partial charge is 0.396 e. The lowest BCUT2D eigenvalue weighted by Gasteiger charge is -2.17. The van der Waals surface area contributed by atoms with Gasteiger partial charge in [0.25, 0.3) is 0 Å². The van der Waals surface area contributed by atoms with Crippen LogP contribution in [0.15, 0.2) is 0 Å². The van der Waals surface area contributed by atoms with Crippen LogP contribution in [0.25, 0.3) is 0 Å². The Morgan fingerprint density at radius 3 is 2.62 bits per heavy atom. The van der Waals surface area contributed by atoms with Crippen LogP contribution in [0.3, 0.4) is 0 Å². The topological polar surface area (TPSA) is 66.4 Å². The number of aliphatic hydroxyl groups is 1. The van der Waals surface area contributed by atoms with Crippen molar-refractivity contribution < 1.29 is 13.5 Å². The monoisotopic (exact) mass is 249 g/mol. The molecule has 1 aliphatic carbocycles. The van der Waals surface area contributed by atoms with E-state index in [1.807, 2.05) is 0 Å². The molecule has 0 aromatic heterocycles. The molecule has 16 heavy (non-hydrogen) atoms. The first-order valence-electron chi connectivity index (χ1n) is 6.11. The number of rotatable bonds is 7. The van der Waals surface area contributed by atoms with E-state index in [0.29, 0.717) is 18.4 Å². The van der Waals surface area contributed by atoms with Gasteiger partial charge in [-0.2, -0.15) is 0 Å². The van der Waals surface area contributed by atoms with Crippen molar-refractivity contribution in [3.8, 4) is 0 Å². The van der Waals surface area contributed by atoms with Crippen molar-refractivity contribution in [3.63, 3.8) is 0 Å². The van der Waals surface area contributed by atoms with Gasteiger partial charge in [-0.05, 0) is 31.2 Å². The zero-order valence-corrected chi connectivity index (χ0v) is 10.8. The predicted molar refractivity (Wildman–Crippen MR) is 65.1 cm³/mol. The summed E-state index contributed by atoms with van der Waals surface area (Å²) in [5.41, 5.74) is 0. The summed E-state index contributed by atoms with van der Waals surface area (Å²) in [6.07, 6.45) is 3.44. The van der Waals surface area contributed by atoms with Crippen molar-refractivity contribution in [2.24, 2.45) is 11.8 Å². The Hall–Kier alpha value is -0.130. The Labute approximate surface area is 98.4 Å². The Morgan fingerprint density at radius 2 is 2.00 bits per heavy atom. The van der Waals surface area contributed by atoms with Crippen LogP contribution in [0.5, 0.6) is 0 Å². The Morgan fingerprint density at radius 1 is 1.31 bits per heavy atom. The van der Waals surface area contributed by atoms with Crippen LogP contribution in [-0.4, -0.2) is 44.7 Å². The molecular formula is C11H23NO3S. The average molecular weight is 249 g/mol. The molecule has 0 radical (unpaired) electrons. The van der Waals surface area contributed by atoms with Crippen LogP contribution in [-0.2, 0) is 9.84 Å². The fourth-order valence-corrected chi connectivity index (χ4v) is 3.03. The molecule has 0 aromatic rings. The molecule has 1 fully saturated rings. The van der Waals surface area contributed by atoms with E-state index in [2.05, 4.69) is 5.32 Å². The maximum atomic E-state index is 11.2. The third-order valence-electron chi connectivity index (χ3n) is 3.49. The summed E-state index contributed by atoms with van der Waals surface area (Å²) in [7, 11) is -2.85. The van der Waals surface area contributed by atoms with Crippen molar-refractivity contribution in [2.75, 3.05) is 31.2 Å². The quantitative estimate of drug-likeness (QED) is 0.642. The van der Waals surface area contributed by atoms with E-state index in [0.717, 1.165) is 19.4 Å². The number of sulfone groups is 1. The Kier molecular flexibility index (Phi) is 5.72. The first kappa shape index (κ1) is 13.9. The first-order chi connectivity index (χ1) is 7.59. The second-order valence-electron chi connectivity index (χ2n) is 4.57. The number of nitrogens with one attached hydrogen (secondary N) is 1. The van der Waals surface area contributed by atoms with Crippen LogP contribution in [0.2, 0.25) is 0 Å². The van der Waals surface area contributed by atoms with Crippen LogP contribution in [0.4, 0.5) is 0 Å². The molecule has 5 heteroatoms. The van der Waals surface area contributed by atoms with Gasteiger partial charge in [-0.25, -0.2) is 8.42 Å². The highest BCUT2D eigenvalue weighted by Gasteiger charge is 2.25. The Balaban J connectivity index is 2.16. The van der Waals surface area contributed by atoms with Gasteiger partial charge in [0.2, 0.25) is 0 Å². The van der Waals surface area contributed by atoms with Crippen molar-refractivity contribution in [3.05, 3.63) is 0 Å². The molecule has 1 saturated carbocycles. The van der Waals surface area contributed by atoms with Gasteiger partial charge < -0.3 is 10.4 Å². The van der Waals surface area contributed by atoms with Crippen molar-refractivity contribution >= 4 is 9.84 Å². The lowest BCUT2D eigenvalue weighted by atomic mass is 9.97. The molecule has 0 amide bonds. The molecule has 96 valence electrons. The van der Waals surface area contributed by atoms with E-state index in [-0.39, 0.29) is 18.1 Å². The summed E-state index contributed by atoms with van der Waals surface area (Å²) in [5, 5.41) is 12.3. The highest BCUT2D eigenvalue weighted by molar-refractivity contribution is 7.91. The van der Waals surface area contributed by atoms with Gasteiger partial charge in [-0.3, -0.25) is 0 Å². The lowest BCUT2D eigenvalue weighted by Crippen LogP contribution is -2.30. The zero-order chi connectivity index (χ0) is 12.0. The van der Waals surface area contributed by atoms with Crippen LogP contribution in [0.1, 0.15) is 26.2 Å². The molecule has 2 unspecified atom stereocenters. The molecule has 2 N–H and O–H groups in total. The predicted octanol–water partition coefficient (Wildman–Crippen LogP) is 0.419. The van der Waals surface area contributed by atoms with Gasteiger partial charge in [0.15, 0.2) is 9.84 Å². The summed E-state index contributed by atoms with van der Waals surface area (Å²) in [4.78, 5) is 0. The second-order valence-corrected chi connectivity index (χ2v) is 7.05. The molecule has 0 aromatic carbocycles. The van der Waals surface area contributed by atoms with Gasteiger partial charge in [0.05, 0.1) is 5.75 Å². The van der Waals surface area contributed by atoms with Crippen LogP contribution < -0.4 is 5.32 Å². The Bertz CT molecular complexity index is 290. The molecule has 0 aliphatic heterocycles. The smallest absolute Gasteiger partial charge is 0.151 e. The molecule has 0 saturated heterocycles. The molecule has 4 nitrogen and oxygen atoms in total. The molecule has 0 bridgehead atoms. The number of aliphatic hydroxyl groups excluding tert-OH is 1. The second kappa shape index (κ2) is 6.57. The van der Waals surface area contributed by atoms with Gasteiger partial charge >= 0.3 is 0 Å². The third kappa shape index (κ3) is 4.39. The SMILES string of the molecule is CCS(=O)(=O)CCNCC1CCCC1CO. The minimum absolute atomic E-state index is 0.220. The minimum atomic E-state index is -2.85. The summed E-state index contributed by atoms with van der Waals surface area (Å²) >= 11 is 0. The van der Waals surface area contributed by atoms with E-state index >= 15 is 0 Å². The van der Waals surface area contributed by atoms with E-state index < -0.39 is 9.84 Å². The van der Waals surface area contributed by atoms with Gasteiger partial charge in [-0.1, -0.05) is 13.3 Å². The fourth-order valence-electron chi connectivity index (χ4n) is 2.28. The van der Waals surface area contributed by atoms with E-state index in [1.165, 1.54) is 6.42 Å². The maximum absolute atomic E-state index is 11.2. The number of hydrogen-bond donors (Lipinski definition) is 2. The van der Waals surface area contributed by atoms with Gasteiger partial charge in [0, 0.05) is 18.9 Å². The number of hydrogen-bond acceptors (Lipinski definition) is 4. The summed E-state index contributed by atoms with van der Waals surface area (Å²) in [6.45, 7) is 3.31. The fraction of sp³-hybridized carbons (Fsp3) is 1.00. The van der Waals surface area contributed by atoms with E-state index in [4.69, 9.17) is 5.11 Å². The van der Waals surface area contributed by atoms with Gasteiger partial charge in [-0.15, -0.1) is 0 Å². The lowest BCUT2D eigenvalue weighted by molar-refractivity contribution is 0.193. The highest BCUT2D eigenvalue weighted by atomic mass is 32.2. The van der Waals surface area contributed by atoms with Crippen LogP contribution >= 0.6 is 0 Å². The zero-order valence-electron chi connectivity index (χ0n) is 9.98. The van der Waals surface area contributed by atoms with E-state index in [9.17, 15) is 8.42 Å². The molecular weight excluding hydrogens is 226 g/mol. The molecule has 0 heterocycles. The molecule has 1 aliphatic rings.